The molecule has 0 unspecified atom stereocenters. The van der Waals surface area contributed by atoms with Crippen LogP contribution in [0.4, 0.5) is 5.69 Å². The minimum Gasteiger partial charge on any atom is -0.368 e. The van der Waals surface area contributed by atoms with Crippen LogP contribution in [0.1, 0.15) is 10.4 Å². The fraction of sp³-hybridized carbons (Fsp3) is 0.174. The molecule has 1 aliphatic rings. The van der Waals surface area contributed by atoms with Crippen LogP contribution in [0.3, 0.4) is 0 Å². The Kier molecular flexibility index (Phi) is 5.26. The Labute approximate surface area is 189 Å². The zero-order valence-electron chi connectivity index (χ0n) is 16.6. The number of benzene rings is 2. The first-order valence-electron chi connectivity index (χ1n) is 9.98. The van der Waals surface area contributed by atoms with E-state index >= 15 is 0 Å². The van der Waals surface area contributed by atoms with Crippen molar-refractivity contribution in [2.45, 2.75) is 0 Å². The maximum absolute atomic E-state index is 13.4. The molecule has 0 spiro atoms. The molecule has 0 N–H and O–H groups in total. The minimum atomic E-state index is -0.00207. The molecular weight excluding hydrogens is 433 g/mol. The molecule has 1 amide bonds. The first-order valence-corrected chi connectivity index (χ1v) is 10.7. The average molecular weight is 452 g/mol. The standard InChI is InChI=1S/C23H19Cl2N5O/c24-16-2-5-18(6-3-16)28-10-12-29(13-11-28)22(31)20-15-30(23-26-8-1-9-27-23)21-14-17(25)4-7-19(20)21/h1-9,14-15H,10-13H2. The quantitative estimate of drug-likeness (QED) is 0.453. The van der Waals surface area contributed by atoms with E-state index in [1.54, 1.807) is 24.5 Å². The fourth-order valence-electron chi connectivity index (χ4n) is 3.94. The van der Waals surface area contributed by atoms with Gasteiger partial charge in [0.2, 0.25) is 5.95 Å². The molecule has 31 heavy (non-hydrogen) atoms. The smallest absolute Gasteiger partial charge is 0.256 e. The van der Waals surface area contributed by atoms with Crippen molar-refractivity contribution >= 4 is 45.7 Å². The monoisotopic (exact) mass is 451 g/mol. The van der Waals surface area contributed by atoms with Gasteiger partial charge in [-0.15, -0.1) is 0 Å². The number of piperazine rings is 1. The highest BCUT2D eigenvalue weighted by atomic mass is 35.5. The summed E-state index contributed by atoms with van der Waals surface area (Å²) in [7, 11) is 0. The van der Waals surface area contributed by atoms with Crippen LogP contribution in [0.2, 0.25) is 10.0 Å². The van der Waals surface area contributed by atoms with Gasteiger partial charge in [0, 0.05) is 65.9 Å². The predicted octanol–water partition coefficient (Wildman–Crippen LogP) is 4.69. The van der Waals surface area contributed by atoms with Crippen molar-refractivity contribution in [2.24, 2.45) is 0 Å². The lowest BCUT2D eigenvalue weighted by Gasteiger charge is -2.36. The van der Waals surface area contributed by atoms with E-state index in [1.807, 2.05) is 52.1 Å². The van der Waals surface area contributed by atoms with Crippen molar-refractivity contribution < 1.29 is 4.79 Å². The summed E-state index contributed by atoms with van der Waals surface area (Å²) in [5.41, 5.74) is 2.55. The maximum Gasteiger partial charge on any atom is 0.256 e. The van der Waals surface area contributed by atoms with Crippen LogP contribution in [-0.4, -0.2) is 51.5 Å². The van der Waals surface area contributed by atoms with E-state index in [-0.39, 0.29) is 5.91 Å². The van der Waals surface area contributed by atoms with Gasteiger partial charge >= 0.3 is 0 Å². The van der Waals surface area contributed by atoms with Crippen molar-refractivity contribution in [2.75, 3.05) is 31.1 Å². The Bertz CT molecular complexity index is 1230. The zero-order chi connectivity index (χ0) is 21.4. The Morgan fingerprint density at radius 1 is 0.871 bits per heavy atom. The molecular formula is C23H19Cl2N5O. The fourth-order valence-corrected chi connectivity index (χ4v) is 4.23. The first kappa shape index (κ1) is 19.8. The number of anilines is 1. The van der Waals surface area contributed by atoms with E-state index in [1.165, 1.54) is 0 Å². The van der Waals surface area contributed by atoms with Gasteiger partial charge in [0.1, 0.15) is 0 Å². The molecule has 2 aromatic carbocycles. The highest BCUT2D eigenvalue weighted by Crippen LogP contribution is 2.28. The number of carbonyl (C=O) groups is 1. The van der Waals surface area contributed by atoms with E-state index in [4.69, 9.17) is 23.2 Å². The third-order valence-corrected chi connectivity index (χ3v) is 6.01. The summed E-state index contributed by atoms with van der Waals surface area (Å²) < 4.78 is 1.82. The molecule has 6 nitrogen and oxygen atoms in total. The van der Waals surface area contributed by atoms with E-state index in [0.717, 1.165) is 34.7 Å². The number of carbonyl (C=O) groups excluding carboxylic acids is 1. The summed E-state index contributed by atoms with van der Waals surface area (Å²) in [5, 5.41) is 2.15. The number of hydrogen-bond acceptors (Lipinski definition) is 4. The molecule has 0 saturated carbocycles. The number of rotatable bonds is 3. The van der Waals surface area contributed by atoms with Gasteiger partial charge < -0.3 is 9.80 Å². The van der Waals surface area contributed by atoms with E-state index in [2.05, 4.69) is 14.9 Å². The molecule has 1 saturated heterocycles. The summed E-state index contributed by atoms with van der Waals surface area (Å²) >= 11 is 12.2. The van der Waals surface area contributed by atoms with Crippen molar-refractivity contribution in [3.8, 4) is 5.95 Å². The lowest BCUT2D eigenvalue weighted by molar-refractivity contribution is 0.0748. The lowest BCUT2D eigenvalue weighted by atomic mass is 10.1. The molecule has 0 bridgehead atoms. The van der Waals surface area contributed by atoms with Gasteiger partial charge in [-0.25, -0.2) is 9.97 Å². The number of amides is 1. The number of nitrogens with zero attached hydrogens (tertiary/aromatic N) is 5. The Hall–Kier alpha value is -3.09. The van der Waals surface area contributed by atoms with Crippen molar-refractivity contribution in [3.63, 3.8) is 0 Å². The molecule has 0 aliphatic carbocycles. The summed E-state index contributed by atoms with van der Waals surface area (Å²) in [5.74, 6) is 0.499. The van der Waals surface area contributed by atoms with Gasteiger partial charge in [-0.2, -0.15) is 0 Å². The average Bonchev–Trinajstić information content (AvgIpc) is 3.18. The highest BCUT2D eigenvalue weighted by molar-refractivity contribution is 6.31. The van der Waals surface area contributed by atoms with E-state index in [0.29, 0.717) is 29.6 Å². The van der Waals surface area contributed by atoms with Crippen LogP contribution in [0.25, 0.3) is 16.9 Å². The van der Waals surface area contributed by atoms with Gasteiger partial charge in [-0.3, -0.25) is 9.36 Å². The second kappa shape index (κ2) is 8.21. The molecule has 0 radical (unpaired) electrons. The normalized spacial score (nSPS) is 14.3. The topological polar surface area (TPSA) is 54.3 Å². The van der Waals surface area contributed by atoms with Crippen LogP contribution in [0.5, 0.6) is 0 Å². The zero-order valence-corrected chi connectivity index (χ0v) is 18.1. The van der Waals surface area contributed by atoms with Gasteiger partial charge in [0.05, 0.1) is 11.1 Å². The molecule has 5 rings (SSSR count). The van der Waals surface area contributed by atoms with Gasteiger partial charge in [0.15, 0.2) is 0 Å². The second-order valence-electron chi connectivity index (χ2n) is 7.38. The largest absolute Gasteiger partial charge is 0.368 e. The molecule has 156 valence electrons. The van der Waals surface area contributed by atoms with Crippen LogP contribution in [0, 0.1) is 0 Å². The number of aromatic nitrogens is 3. The second-order valence-corrected chi connectivity index (χ2v) is 8.25. The van der Waals surface area contributed by atoms with E-state index < -0.39 is 0 Å². The predicted molar refractivity (Wildman–Crippen MR) is 123 cm³/mol. The molecule has 3 heterocycles. The summed E-state index contributed by atoms with van der Waals surface area (Å²) in [6, 6.07) is 15.1. The molecule has 8 heteroatoms. The summed E-state index contributed by atoms with van der Waals surface area (Å²) in [4.78, 5) is 26.3. The maximum atomic E-state index is 13.4. The molecule has 4 aromatic rings. The third kappa shape index (κ3) is 3.84. The van der Waals surface area contributed by atoms with Crippen LogP contribution < -0.4 is 4.90 Å². The Morgan fingerprint density at radius 3 is 2.26 bits per heavy atom. The van der Waals surface area contributed by atoms with Crippen LogP contribution >= 0.6 is 23.2 Å². The highest BCUT2D eigenvalue weighted by Gasteiger charge is 2.25. The molecule has 0 atom stereocenters. The molecule has 1 aliphatic heterocycles. The van der Waals surface area contributed by atoms with Crippen molar-refractivity contribution in [3.05, 3.63) is 82.7 Å². The summed E-state index contributed by atoms with van der Waals surface area (Å²) in [6.07, 6.45) is 5.16. The molecule has 1 fully saturated rings. The first-order chi connectivity index (χ1) is 15.1. The van der Waals surface area contributed by atoms with Crippen LogP contribution in [0.15, 0.2) is 67.1 Å². The van der Waals surface area contributed by atoms with Gasteiger partial charge in [0.25, 0.3) is 5.91 Å². The number of hydrogen-bond donors (Lipinski definition) is 0. The van der Waals surface area contributed by atoms with Gasteiger partial charge in [-0.05, 0) is 42.5 Å². The molecule has 2 aromatic heterocycles. The van der Waals surface area contributed by atoms with Crippen molar-refractivity contribution in [1.29, 1.82) is 0 Å². The SMILES string of the molecule is O=C(c1cn(-c2ncccn2)c2cc(Cl)ccc12)N1CCN(c2ccc(Cl)cc2)CC1. The van der Waals surface area contributed by atoms with E-state index in [9.17, 15) is 4.79 Å². The third-order valence-electron chi connectivity index (χ3n) is 5.52. The summed E-state index contributed by atoms with van der Waals surface area (Å²) in [6.45, 7) is 2.81. The number of halogens is 2. The Balaban J connectivity index is 1.42. The van der Waals surface area contributed by atoms with Gasteiger partial charge in [-0.1, -0.05) is 29.3 Å². The lowest BCUT2D eigenvalue weighted by Crippen LogP contribution is -2.48. The minimum absolute atomic E-state index is 0.00207. The number of fused-ring (bicyclic) bond motifs is 1. The Morgan fingerprint density at radius 2 is 1.55 bits per heavy atom. The van der Waals surface area contributed by atoms with Crippen LogP contribution in [-0.2, 0) is 0 Å². The van der Waals surface area contributed by atoms with Crippen molar-refractivity contribution in [1.82, 2.24) is 19.4 Å².